The Labute approximate surface area is 133 Å². The molecule has 118 valence electrons. The summed E-state index contributed by atoms with van der Waals surface area (Å²) in [6.07, 6.45) is 1.71. The first-order valence-corrected chi connectivity index (χ1v) is 7.68. The molecule has 0 aliphatic heterocycles. The first kappa shape index (κ1) is 16.5. The Morgan fingerprint density at radius 1 is 1.00 bits per heavy atom. The molecule has 0 bridgehead atoms. The van der Waals surface area contributed by atoms with Crippen molar-refractivity contribution in [3.63, 3.8) is 0 Å². The van der Waals surface area contributed by atoms with E-state index >= 15 is 0 Å². The van der Waals surface area contributed by atoms with Crippen LogP contribution in [0.25, 0.3) is 0 Å². The monoisotopic (exact) mass is 298 g/mol. The quantitative estimate of drug-likeness (QED) is 0.861. The van der Waals surface area contributed by atoms with E-state index in [4.69, 9.17) is 16.2 Å². The molecule has 0 heterocycles. The molecule has 0 saturated heterocycles. The molecule has 0 aliphatic rings. The molecular weight excluding hydrogens is 272 g/mol. The van der Waals surface area contributed by atoms with E-state index in [2.05, 4.69) is 44.2 Å². The van der Waals surface area contributed by atoms with E-state index < -0.39 is 5.54 Å². The second-order valence-corrected chi connectivity index (χ2v) is 6.01. The van der Waals surface area contributed by atoms with Gasteiger partial charge in [-0.3, -0.25) is 0 Å². The highest BCUT2D eigenvalue weighted by Crippen LogP contribution is 2.25. The Kier molecular flexibility index (Phi) is 5.22. The van der Waals surface area contributed by atoms with E-state index in [0.717, 1.165) is 24.2 Å². The molecule has 0 radical (unpaired) electrons. The number of benzene rings is 2. The van der Waals surface area contributed by atoms with E-state index in [1.54, 1.807) is 7.11 Å². The van der Waals surface area contributed by atoms with Crippen LogP contribution in [-0.4, -0.2) is 13.7 Å². The predicted molar refractivity (Wildman–Crippen MR) is 92.2 cm³/mol. The molecule has 1 atom stereocenters. The van der Waals surface area contributed by atoms with Crippen molar-refractivity contribution in [1.82, 2.24) is 0 Å². The fourth-order valence-corrected chi connectivity index (χ4v) is 2.57. The summed E-state index contributed by atoms with van der Waals surface area (Å²) in [6.45, 7) is 4.65. The molecule has 3 nitrogen and oxygen atoms in total. The second kappa shape index (κ2) is 6.95. The van der Waals surface area contributed by atoms with Gasteiger partial charge in [0.1, 0.15) is 5.75 Å². The van der Waals surface area contributed by atoms with E-state index in [9.17, 15) is 0 Å². The average molecular weight is 298 g/mol. The van der Waals surface area contributed by atoms with Crippen molar-refractivity contribution in [2.24, 2.45) is 11.5 Å². The zero-order valence-corrected chi connectivity index (χ0v) is 13.7. The standard InChI is InChI=1S/C19H26N2O/c1-14-4-7-17(12-15(14)2)19(21,13-20)11-10-16-5-8-18(22-3)9-6-16/h4-9,12H,10-11,13,20-21H2,1-3H3. The largest absolute Gasteiger partial charge is 0.497 e. The van der Waals surface area contributed by atoms with E-state index in [0.29, 0.717) is 6.54 Å². The van der Waals surface area contributed by atoms with Crippen molar-refractivity contribution < 1.29 is 4.74 Å². The number of hydrogen-bond acceptors (Lipinski definition) is 3. The molecule has 3 heteroatoms. The number of ether oxygens (including phenoxy) is 1. The first-order chi connectivity index (χ1) is 10.5. The Balaban J connectivity index is 2.13. The number of nitrogens with two attached hydrogens (primary N) is 2. The van der Waals surface area contributed by atoms with Crippen molar-refractivity contribution in [1.29, 1.82) is 0 Å². The SMILES string of the molecule is COc1ccc(CCC(N)(CN)c2ccc(C)c(C)c2)cc1. The topological polar surface area (TPSA) is 61.3 Å². The third kappa shape index (κ3) is 3.67. The van der Waals surface area contributed by atoms with Gasteiger partial charge in [0.25, 0.3) is 0 Å². The molecular formula is C19H26N2O. The van der Waals surface area contributed by atoms with Gasteiger partial charge in [0.2, 0.25) is 0 Å². The Morgan fingerprint density at radius 2 is 1.68 bits per heavy atom. The lowest BCUT2D eigenvalue weighted by molar-refractivity contribution is 0.412. The minimum Gasteiger partial charge on any atom is -0.497 e. The van der Waals surface area contributed by atoms with Crippen LogP contribution >= 0.6 is 0 Å². The van der Waals surface area contributed by atoms with E-state index in [1.165, 1.54) is 16.7 Å². The van der Waals surface area contributed by atoms with Crippen molar-refractivity contribution in [3.8, 4) is 5.75 Å². The maximum Gasteiger partial charge on any atom is 0.118 e. The van der Waals surface area contributed by atoms with Gasteiger partial charge in [-0.15, -0.1) is 0 Å². The summed E-state index contributed by atoms with van der Waals surface area (Å²) >= 11 is 0. The van der Waals surface area contributed by atoms with Crippen LogP contribution in [0.2, 0.25) is 0 Å². The van der Waals surface area contributed by atoms with Crippen LogP contribution < -0.4 is 16.2 Å². The maximum absolute atomic E-state index is 6.59. The maximum atomic E-state index is 6.59. The normalized spacial score (nSPS) is 13.7. The van der Waals surface area contributed by atoms with Gasteiger partial charge in [0.05, 0.1) is 12.6 Å². The van der Waals surface area contributed by atoms with Crippen LogP contribution in [0.3, 0.4) is 0 Å². The lowest BCUT2D eigenvalue weighted by Gasteiger charge is -2.29. The summed E-state index contributed by atoms with van der Waals surface area (Å²) in [7, 11) is 1.67. The van der Waals surface area contributed by atoms with Crippen molar-refractivity contribution in [3.05, 3.63) is 64.7 Å². The van der Waals surface area contributed by atoms with Gasteiger partial charge in [-0.1, -0.05) is 30.3 Å². The molecule has 0 saturated carbocycles. The zero-order chi connectivity index (χ0) is 16.2. The van der Waals surface area contributed by atoms with Crippen molar-refractivity contribution >= 4 is 0 Å². The molecule has 0 spiro atoms. The van der Waals surface area contributed by atoms with Gasteiger partial charge < -0.3 is 16.2 Å². The van der Waals surface area contributed by atoms with Crippen LogP contribution in [-0.2, 0) is 12.0 Å². The van der Waals surface area contributed by atoms with Gasteiger partial charge in [-0.25, -0.2) is 0 Å². The fraction of sp³-hybridized carbons (Fsp3) is 0.368. The Hall–Kier alpha value is -1.84. The highest BCUT2D eigenvalue weighted by molar-refractivity contribution is 5.35. The molecule has 1 unspecified atom stereocenters. The summed E-state index contributed by atoms with van der Waals surface area (Å²) in [5, 5.41) is 0. The molecule has 22 heavy (non-hydrogen) atoms. The molecule has 2 rings (SSSR count). The minimum atomic E-state index is -0.488. The summed E-state index contributed by atoms with van der Waals surface area (Å²) in [5.74, 6) is 0.871. The summed E-state index contributed by atoms with van der Waals surface area (Å²) in [5.41, 5.74) is 17.0. The van der Waals surface area contributed by atoms with Gasteiger partial charge in [-0.05, 0) is 61.1 Å². The number of rotatable bonds is 6. The first-order valence-electron chi connectivity index (χ1n) is 7.68. The smallest absolute Gasteiger partial charge is 0.118 e. The predicted octanol–water partition coefficient (Wildman–Crippen LogP) is 3.06. The molecule has 0 aromatic heterocycles. The lowest BCUT2D eigenvalue weighted by Crippen LogP contribution is -2.44. The fourth-order valence-electron chi connectivity index (χ4n) is 2.57. The van der Waals surface area contributed by atoms with Gasteiger partial charge in [-0.2, -0.15) is 0 Å². The Morgan fingerprint density at radius 3 is 2.23 bits per heavy atom. The van der Waals surface area contributed by atoms with Crippen LogP contribution in [0.5, 0.6) is 5.75 Å². The van der Waals surface area contributed by atoms with Crippen LogP contribution in [0.15, 0.2) is 42.5 Å². The molecule has 2 aromatic rings. The summed E-state index contributed by atoms with van der Waals surface area (Å²) < 4.78 is 5.18. The zero-order valence-electron chi connectivity index (χ0n) is 13.7. The van der Waals surface area contributed by atoms with Gasteiger partial charge >= 0.3 is 0 Å². The molecule has 0 fully saturated rings. The van der Waals surface area contributed by atoms with Crippen LogP contribution in [0.1, 0.15) is 28.7 Å². The van der Waals surface area contributed by atoms with Crippen molar-refractivity contribution in [2.75, 3.05) is 13.7 Å². The van der Waals surface area contributed by atoms with E-state index in [-0.39, 0.29) is 0 Å². The third-order valence-corrected chi connectivity index (χ3v) is 4.46. The molecule has 2 aromatic carbocycles. The lowest BCUT2D eigenvalue weighted by atomic mass is 9.84. The van der Waals surface area contributed by atoms with Gasteiger partial charge in [0, 0.05) is 6.54 Å². The van der Waals surface area contributed by atoms with E-state index in [1.807, 2.05) is 12.1 Å². The minimum absolute atomic E-state index is 0.436. The Bertz CT molecular complexity index is 622. The van der Waals surface area contributed by atoms with Crippen LogP contribution in [0, 0.1) is 13.8 Å². The molecule has 0 aliphatic carbocycles. The van der Waals surface area contributed by atoms with Gasteiger partial charge in [0.15, 0.2) is 0 Å². The van der Waals surface area contributed by atoms with Crippen molar-refractivity contribution in [2.45, 2.75) is 32.2 Å². The molecule has 4 N–H and O–H groups in total. The summed E-state index contributed by atoms with van der Waals surface area (Å²) in [6, 6.07) is 14.5. The summed E-state index contributed by atoms with van der Waals surface area (Å²) in [4.78, 5) is 0. The number of methoxy groups -OCH3 is 1. The molecule has 0 amide bonds. The second-order valence-electron chi connectivity index (χ2n) is 6.01. The highest BCUT2D eigenvalue weighted by Gasteiger charge is 2.25. The number of aryl methyl sites for hydroxylation is 3. The third-order valence-electron chi connectivity index (χ3n) is 4.46. The number of hydrogen-bond donors (Lipinski definition) is 2. The van der Waals surface area contributed by atoms with Crippen LogP contribution in [0.4, 0.5) is 0 Å². The highest BCUT2D eigenvalue weighted by atomic mass is 16.5. The average Bonchev–Trinajstić information content (AvgIpc) is 2.55.